The summed E-state index contributed by atoms with van der Waals surface area (Å²) in [5, 5.41) is 3.94. The van der Waals surface area contributed by atoms with Crippen molar-refractivity contribution in [3.63, 3.8) is 0 Å². The molecule has 1 heterocycles. The Hall–Kier alpha value is -1.64. The predicted molar refractivity (Wildman–Crippen MR) is 74.6 cm³/mol. The van der Waals surface area contributed by atoms with Crippen LogP contribution >= 0.6 is 0 Å². The largest absolute Gasteiger partial charge is 0.370 e. The Labute approximate surface area is 107 Å². The molecule has 0 atom stereocenters. The van der Waals surface area contributed by atoms with Crippen molar-refractivity contribution in [1.82, 2.24) is 4.98 Å². The minimum atomic E-state index is -0.195. The lowest BCUT2D eigenvalue weighted by atomic mass is 10.1. The fourth-order valence-electron chi connectivity index (χ4n) is 2.07. The second kappa shape index (κ2) is 5.34. The van der Waals surface area contributed by atoms with Crippen LogP contribution in [0.25, 0.3) is 10.9 Å². The normalized spacial score (nSPS) is 10.9. The highest BCUT2D eigenvalue weighted by atomic mass is 19.1. The first-order valence-corrected chi connectivity index (χ1v) is 6.50. The Kier molecular flexibility index (Phi) is 3.80. The van der Waals surface area contributed by atoms with E-state index in [2.05, 4.69) is 24.1 Å². The lowest BCUT2D eigenvalue weighted by Crippen LogP contribution is -2.06. The zero-order chi connectivity index (χ0) is 13.1. The molecule has 1 N–H and O–H groups in total. The molecule has 0 saturated carbocycles. The topological polar surface area (TPSA) is 24.9 Å². The maximum absolute atomic E-state index is 13.8. The van der Waals surface area contributed by atoms with Crippen LogP contribution in [0.5, 0.6) is 0 Å². The van der Waals surface area contributed by atoms with Gasteiger partial charge in [0.25, 0.3) is 0 Å². The monoisotopic (exact) mass is 246 g/mol. The van der Waals surface area contributed by atoms with E-state index in [1.54, 1.807) is 6.07 Å². The van der Waals surface area contributed by atoms with Crippen molar-refractivity contribution in [2.45, 2.75) is 33.6 Å². The molecule has 0 amide bonds. The number of benzene rings is 1. The third-order valence-corrected chi connectivity index (χ3v) is 3.14. The van der Waals surface area contributed by atoms with E-state index in [1.807, 2.05) is 13.0 Å². The Morgan fingerprint density at radius 1 is 1.28 bits per heavy atom. The molecule has 2 rings (SSSR count). The van der Waals surface area contributed by atoms with Gasteiger partial charge in [-0.05, 0) is 43.0 Å². The summed E-state index contributed by atoms with van der Waals surface area (Å²) in [6.07, 6.45) is 1.90. The molecule has 0 spiro atoms. The van der Waals surface area contributed by atoms with Crippen LogP contribution in [0.4, 0.5) is 10.2 Å². The summed E-state index contributed by atoms with van der Waals surface area (Å²) >= 11 is 0. The number of hydrogen-bond acceptors (Lipinski definition) is 2. The molecule has 96 valence electrons. The molecule has 2 nitrogen and oxygen atoms in total. The van der Waals surface area contributed by atoms with Crippen molar-refractivity contribution < 1.29 is 4.39 Å². The lowest BCUT2D eigenvalue weighted by molar-refractivity contribution is 0.639. The molecule has 2 aromatic rings. The number of hydrogen-bond donors (Lipinski definition) is 1. The van der Waals surface area contributed by atoms with Gasteiger partial charge in [0.05, 0.1) is 5.52 Å². The standard InChI is InChI=1S/C15H19FN2/c1-4-8-17-15-11(5-2)9-12-13(16)7-6-10(3)14(12)18-15/h6-7,9H,4-5,8H2,1-3H3,(H,17,18). The Balaban J connectivity index is 2.61. The van der Waals surface area contributed by atoms with Crippen molar-refractivity contribution in [2.75, 3.05) is 11.9 Å². The minimum absolute atomic E-state index is 0.195. The van der Waals surface area contributed by atoms with Gasteiger partial charge in [0.15, 0.2) is 0 Å². The molecule has 0 aliphatic carbocycles. The molecule has 0 radical (unpaired) electrons. The molecule has 0 saturated heterocycles. The van der Waals surface area contributed by atoms with Gasteiger partial charge in [0, 0.05) is 11.9 Å². The quantitative estimate of drug-likeness (QED) is 0.879. The summed E-state index contributed by atoms with van der Waals surface area (Å²) in [5.41, 5.74) is 2.83. The van der Waals surface area contributed by atoms with E-state index in [-0.39, 0.29) is 5.82 Å². The number of nitrogens with one attached hydrogen (secondary N) is 1. The van der Waals surface area contributed by atoms with Gasteiger partial charge in [-0.15, -0.1) is 0 Å². The van der Waals surface area contributed by atoms with Crippen molar-refractivity contribution in [3.8, 4) is 0 Å². The average Bonchev–Trinajstić information content (AvgIpc) is 2.40. The summed E-state index contributed by atoms with van der Waals surface area (Å²) in [4.78, 5) is 4.59. The molecule has 0 bridgehead atoms. The van der Waals surface area contributed by atoms with E-state index in [9.17, 15) is 4.39 Å². The van der Waals surface area contributed by atoms with Crippen molar-refractivity contribution >= 4 is 16.7 Å². The maximum atomic E-state index is 13.8. The second-order valence-corrected chi connectivity index (χ2v) is 4.54. The molecule has 1 aromatic carbocycles. The number of aryl methyl sites for hydroxylation is 2. The summed E-state index contributed by atoms with van der Waals surface area (Å²) in [7, 11) is 0. The Morgan fingerprint density at radius 3 is 2.72 bits per heavy atom. The highest BCUT2D eigenvalue weighted by molar-refractivity contribution is 5.85. The van der Waals surface area contributed by atoms with Crippen LogP contribution in [0.2, 0.25) is 0 Å². The zero-order valence-electron chi connectivity index (χ0n) is 11.2. The van der Waals surface area contributed by atoms with Gasteiger partial charge in [-0.25, -0.2) is 9.37 Å². The number of fused-ring (bicyclic) bond motifs is 1. The maximum Gasteiger partial charge on any atom is 0.132 e. The first-order valence-electron chi connectivity index (χ1n) is 6.50. The fraction of sp³-hybridized carbons (Fsp3) is 0.400. The average molecular weight is 246 g/mol. The van der Waals surface area contributed by atoms with Crippen LogP contribution in [0.1, 0.15) is 31.4 Å². The summed E-state index contributed by atoms with van der Waals surface area (Å²) in [5.74, 6) is 0.695. The summed E-state index contributed by atoms with van der Waals surface area (Å²) in [6, 6.07) is 5.21. The van der Waals surface area contributed by atoms with Crippen LogP contribution in [-0.4, -0.2) is 11.5 Å². The molecular weight excluding hydrogens is 227 g/mol. The first kappa shape index (κ1) is 12.8. The van der Waals surface area contributed by atoms with Gasteiger partial charge >= 0.3 is 0 Å². The predicted octanol–water partition coefficient (Wildman–Crippen LogP) is 4.07. The van der Waals surface area contributed by atoms with Crippen molar-refractivity contribution in [1.29, 1.82) is 0 Å². The number of rotatable bonds is 4. The van der Waals surface area contributed by atoms with Gasteiger partial charge in [-0.2, -0.15) is 0 Å². The smallest absolute Gasteiger partial charge is 0.132 e. The summed E-state index contributed by atoms with van der Waals surface area (Å²) < 4.78 is 13.8. The Bertz CT molecular complexity index is 564. The third kappa shape index (κ3) is 2.30. The van der Waals surface area contributed by atoms with Gasteiger partial charge in [-0.1, -0.05) is 19.9 Å². The lowest BCUT2D eigenvalue weighted by Gasteiger charge is -2.12. The number of halogens is 1. The number of aromatic nitrogens is 1. The SMILES string of the molecule is CCCNc1nc2c(C)ccc(F)c2cc1CC. The highest BCUT2D eigenvalue weighted by Crippen LogP contribution is 2.25. The molecule has 18 heavy (non-hydrogen) atoms. The van der Waals surface area contributed by atoms with Crippen LogP contribution in [0.3, 0.4) is 0 Å². The van der Waals surface area contributed by atoms with Crippen LogP contribution < -0.4 is 5.32 Å². The number of pyridine rings is 1. The molecule has 1 aromatic heterocycles. The van der Waals surface area contributed by atoms with E-state index < -0.39 is 0 Å². The molecular formula is C15H19FN2. The first-order chi connectivity index (χ1) is 8.67. The summed E-state index contributed by atoms with van der Waals surface area (Å²) in [6.45, 7) is 7.03. The highest BCUT2D eigenvalue weighted by Gasteiger charge is 2.10. The van der Waals surface area contributed by atoms with Gasteiger partial charge in [-0.3, -0.25) is 0 Å². The number of anilines is 1. The van der Waals surface area contributed by atoms with Crippen LogP contribution in [0, 0.1) is 12.7 Å². The van der Waals surface area contributed by atoms with Gasteiger partial charge in [0.1, 0.15) is 11.6 Å². The van der Waals surface area contributed by atoms with Gasteiger partial charge in [0.2, 0.25) is 0 Å². The molecule has 0 fully saturated rings. The van der Waals surface area contributed by atoms with E-state index in [4.69, 9.17) is 0 Å². The van der Waals surface area contributed by atoms with E-state index in [0.717, 1.165) is 41.8 Å². The van der Waals surface area contributed by atoms with E-state index in [0.29, 0.717) is 5.39 Å². The Morgan fingerprint density at radius 2 is 2.06 bits per heavy atom. The zero-order valence-corrected chi connectivity index (χ0v) is 11.2. The number of nitrogens with zero attached hydrogens (tertiary/aromatic N) is 1. The fourth-order valence-corrected chi connectivity index (χ4v) is 2.07. The van der Waals surface area contributed by atoms with Crippen LogP contribution in [-0.2, 0) is 6.42 Å². The van der Waals surface area contributed by atoms with Crippen molar-refractivity contribution in [2.24, 2.45) is 0 Å². The molecule has 0 aliphatic heterocycles. The molecule has 0 aliphatic rings. The van der Waals surface area contributed by atoms with Crippen molar-refractivity contribution in [3.05, 3.63) is 35.1 Å². The second-order valence-electron chi connectivity index (χ2n) is 4.54. The van der Waals surface area contributed by atoms with E-state index >= 15 is 0 Å². The van der Waals surface area contributed by atoms with Crippen LogP contribution in [0.15, 0.2) is 18.2 Å². The van der Waals surface area contributed by atoms with Gasteiger partial charge < -0.3 is 5.32 Å². The molecule has 3 heteroatoms. The third-order valence-electron chi connectivity index (χ3n) is 3.14. The molecule has 0 unspecified atom stereocenters. The minimum Gasteiger partial charge on any atom is -0.370 e. The van der Waals surface area contributed by atoms with E-state index in [1.165, 1.54) is 6.07 Å².